The third-order valence-corrected chi connectivity index (χ3v) is 6.79. The fourth-order valence-corrected chi connectivity index (χ4v) is 5.20. The van der Waals surface area contributed by atoms with E-state index in [4.69, 9.17) is 4.74 Å². The topological polar surface area (TPSA) is 101 Å². The zero-order valence-electron chi connectivity index (χ0n) is 16.3. The number of nitrogens with one attached hydrogen (secondary N) is 2. The number of aromatic amines is 1. The van der Waals surface area contributed by atoms with Crippen LogP contribution in [0.4, 0.5) is 0 Å². The first-order valence-electron chi connectivity index (χ1n) is 9.46. The second kappa shape index (κ2) is 9.09. The van der Waals surface area contributed by atoms with E-state index in [0.717, 1.165) is 41.5 Å². The lowest BCUT2D eigenvalue weighted by Crippen LogP contribution is -2.34. The molecule has 1 amide bonds. The molecule has 1 atom stereocenters. The summed E-state index contributed by atoms with van der Waals surface area (Å²) in [5.74, 6) is 0.165. The zero-order chi connectivity index (χ0) is 20.3. The summed E-state index contributed by atoms with van der Waals surface area (Å²) in [5, 5.41) is 2.93. The minimum atomic E-state index is -0.468. The van der Waals surface area contributed by atoms with E-state index in [-0.39, 0.29) is 24.1 Å². The van der Waals surface area contributed by atoms with Crippen molar-refractivity contribution in [1.29, 1.82) is 0 Å². The van der Waals surface area contributed by atoms with Crippen molar-refractivity contribution < 1.29 is 14.3 Å². The maximum Gasteiger partial charge on any atom is 0.319 e. The molecule has 2 heterocycles. The van der Waals surface area contributed by atoms with Crippen LogP contribution in [0.5, 0.6) is 0 Å². The molecule has 0 unspecified atom stereocenters. The van der Waals surface area contributed by atoms with E-state index in [1.165, 1.54) is 16.6 Å². The molecule has 7 nitrogen and oxygen atoms in total. The molecule has 9 heteroatoms. The van der Waals surface area contributed by atoms with E-state index in [9.17, 15) is 14.4 Å². The quantitative estimate of drug-likeness (QED) is 0.664. The molecule has 0 saturated heterocycles. The van der Waals surface area contributed by atoms with Crippen LogP contribution >= 0.6 is 23.1 Å². The first-order chi connectivity index (χ1) is 13.3. The van der Waals surface area contributed by atoms with Gasteiger partial charge in [-0.25, -0.2) is 4.98 Å². The largest absolute Gasteiger partial charge is 0.455 e. The summed E-state index contributed by atoms with van der Waals surface area (Å²) >= 11 is 2.93. The van der Waals surface area contributed by atoms with E-state index in [2.05, 4.69) is 15.3 Å². The zero-order valence-corrected chi connectivity index (χ0v) is 17.9. The average Bonchev–Trinajstić information content (AvgIpc) is 3.02. The Balaban J connectivity index is 1.59. The Morgan fingerprint density at radius 3 is 2.79 bits per heavy atom. The smallest absolute Gasteiger partial charge is 0.319 e. The molecule has 2 aromatic rings. The Kier molecular flexibility index (Phi) is 6.77. The van der Waals surface area contributed by atoms with Gasteiger partial charge in [0.2, 0.25) is 0 Å². The minimum absolute atomic E-state index is 0.00117. The van der Waals surface area contributed by atoms with Crippen LogP contribution in [0.15, 0.2) is 4.79 Å². The number of rotatable bonds is 7. The lowest BCUT2D eigenvalue weighted by Gasteiger charge is -2.12. The second-order valence-electron chi connectivity index (χ2n) is 7.19. The van der Waals surface area contributed by atoms with Crippen LogP contribution < -0.4 is 10.9 Å². The second-order valence-corrected chi connectivity index (χ2v) is 9.60. The summed E-state index contributed by atoms with van der Waals surface area (Å²) in [6.07, 6.45) is 4.24. The van der Waals surface area contributed by atoms with Gasteiger partial charge in [-0.05, 0) is 52.0 Å². The van der Waals surface area contributed by atoms with E-state index < -0.39 is 11.2 Å². The number of esters is 1. The van der Waals surface area contributed by atoms with Gasteiger partial charge in [0.25, 0.3) is 11.5 Å². The van der Waals surface area contributed by atoms with Crippen molar-refractivity contribution in [2.24, 2.45) is 0 Å². The highest BCUT2D eigenvalue weighted by Crippen LogP contribution is 2.33. The van der Waals surface area contributed by atoms with Crippen molar-refractivity contribution >= 4 is 45.2 Å². The van der Waals surface area contributed by atoms with Crippen molar-refractivity contribution in [3.63, 3.8) is 0 Å². The fraction of sp³-hybridized carbons (Fsp3) is 0.579. The Hall–Kier alpha value is -1.87. The molecule has 1 aliphatic rings. The Morgan fingerprint density at radius 2 is 2.04 bits per heavy atom. The average molecular weight is 424 g/mol. The number of aromatic nitrogens is 2. The highest BCUT2D eigenvalue weighted by atomic mass is 32.2. The number of hydrogen-bond acceptors (Lipinski definition) is 7. The van der Waals surface area contributed by atoms with Crippen LogP contribution in [0, 0.1) is 0 Å². The number of carbonyl (C=O) groups is 2. The number of nitrogens with zero attached hydrogens (tertiary/aromatic N) is 1. The molecular formula is C19H25N3O4S2. The summed E-state index contributed by atoms with van der Waals surface area (Å²) in [6, 6.07) is -0.00117. The van der Waals surface area contributed by atoms with Gasteiger partial charge in [0.05, 0.1) is 11.1 Å². The van der Waals surface area contributed by atoms with Crippen molar-refractivity contribution in [2.45, 2.75) is 63.5 Å². The molecule has 0 fully saturated rings. The molecule has 1 aliphatic carbocycles. The molecule has 0 spiro atoms. The highest BCUT2D eigenvalue weighted by Gasteiger charge is 2.21. The summed E-state index contributed by atoms with van der Waals surface area (Å²) < 4.78 is 5.04. The summed E-state index contributed by atoms with van der Waals surface area (Å²) in [7, 11) is 0. The molecule has 152 valence electrons. The Bertz CT molecular complexity index is 935. The third kappa shape index (κ3) is 4.94. The van der Waals surface area contributed by atoms with Crippen LogP contribution in [0.2, 0.25) is 0 Å². The monoisotopic (exact) mass is 423 g/mol. The highest BCUT2D eigenvalue weighted by molar-refractivity contribution is 7.99. The van der Waals surface area contributed by atoms with Crippen molar-refractivity contribution in [3.05, 3.63) is 26.6 Å². The number of aryl methyl sites for hydroxylation is 2. The van der Waals surface area contributed by atoms with Gasteiger partial charge in [0.15, 0.2) is 6.61 Å². The number of amides is 1. The van der Waals surface area contributed by atoms with Crippen LogP contribution in [-0.4, -0.2) is 39.7 Å². The van der Waals surface area contributed by atoms with Crippen LogP contribution in [0.25, 0.3) is 10.2 Å². The molecule has 2 aromatic heterocycles. The maximum atomic E-state index is 12.5. The van der Waals surface area contributed by atoms with Gasteiger partial charge < -0.3 is 15.0 Å². The molecular weight excluding hydrogens is 398 g/mol. The van der Waals surface area contributed by atoms with Gasteiger partial charge in [0, 0.05) is 10.9 Å². The number of hydrogen-bond donors (Lipinski definition) is 2. The number of ether oxygens (including phenoxy) is 1. The maximum absolute atomic E-state index is 12.5. The molecule has 0 saturated carbocycles. The third-order valence-electron chi connectivity index (χ3n) is 4.47. The van der Waals surface area contributed by atoms with Crippen molar-refractivity contribution in [2.75, 3.05) is 6.61 Å². The lowest BCUT2D eigenvalue weighted by atomic mass is 9.97. The fourth-order valence-electron chi connectivity index (χ4n) is 3.17. The summed E-state index contributed by atoms with van der Waals surface area (Å²) in [6.45, 7) is 5.11. The lowest BCUT2D eigenvalue weighted by molar-refractivity contribution is -0.147. The standard InChI is InChI=1S/C19H25N3O4S2/c1-10(2)20-15(23)8-26-19(25)11(3)27-9-14-21-17(24)16-12-6-4-5-7-13(12)28-18(16)22-14/h10-11H,4-9H2,1-3H3,(H,20,23)(H,21,22,24)/t11-/m1/s1. The number of fused-ring (bicyclic) bond motifs is 3. The molecule has 2 N–H and O–H groups in total. The first kappa shape index (κ1) is 20.9. The molecule has 0 bridgehead atoms. The molecule has 28 heavy (non-hydrogen) atoms. The van der Waals surface area contributed by atoms with Crippen LogP contribution in [0.1, 0.15) is 49.9 Å². The van der Waals surface area contributed by atoms with E-state index in [0.29, 0.717) is 11.6 Å². The number of H-pyrrole nitrogens is 1. The molecule has 0 aliphatic heterocycles. The van der Waals surface area contributed by atoms with E-state index >= 15 is 0 Å². The number of thioether (sulfide) groups is 1. The first-order valence-corrected chi connectivity index (χ1v) is 11.3. The normalized spacial score (nSPS) is 14.7. The summed E-state index contributed by atoms with van der Waals surface area (Å²) in [5.41, 5.74) is 1.07. The van der Waals surface area contributed by atoms with Crippen LogP contribution in [-0.2, 0) is 32.9 Å². The van der Waals surface area contributed by atoms with Gasteiger partial charge in [-0.15, -0.1) is 23.1 Å². The number of thiophene rings is 1. The van der Waals surface area contributed by atoms with Crippen LogP contribution in [0.3, 0.4) is 0 Å². The van der Waals surface area contributed by atoms with Gasteiger partial charge in [-0.3, -0.25) is 14.4 Å². The van der Waals surface area contributed by atoms with Gasteiger partial charge >= 0.3 is 5.97 Å². The van der Waals surface area contributed by atoms with Gasteiger partial charge in [-0.1, -0.05) is 0 Å². The predicted molar refractivity (Wildman–Crippen MR) is 112 cm³/mol. The molecule has 3 rings (SSSR count). The SMILES string of the molecule is CC(C)NC(=O)COC(=O)[C@@H](C)SCc1nc2sc3c(c2c(=O)[nH]1)CCCC3. The Labute approximate surface area is 171 Å². The van der Waals surface area contributed by atoms with E-state index in [1.54, 1.807) is 18.3 Å². The molecule has 0 aromatic carbocycles. The molecule has 0 radical (unpaired) electrons. The van der Waals surface area contributed by atoms with Crippen molar-refractivity contribution in [1.82, 2.24) is 15.3 Å². The van der Waals surface area contributed by atoms with Gasteiger partial charge in [0.1, 0.15) is 15.9 Å². The minimum Gasteiger partial charge on any atom is -0.455 e. The van der Waals surface area contributed by atoms with Crippen molar-refractivity contribution in [3.8, 4) is 0 Å². The summed E-state index contributed by atoms with van der Waals surface area (Å²) in [4.78, 5) is 45.7. The Morgan fingerprint density at radius 1 is 1.29 bits per heavy atom. The number of carbonyl (C=O) groups excluding carboxylic acids is 2. The predicted octanol–water partition coefficient (Wildman–Crippen LogP) is 2.55. The van der Waals surface area contributed by atoms with E-state index in [1.807, 2.05) is 13.8 Å². The van der Waals surface area contributed by atoms with Gasteiger partial charge in [-0.2, -0.15) is 0 Å².